The van der Waals surface area contributed by atoms with E-state index in [4.69, 9.17) is 11.5 Å². The molecule has 0 radical (unpaired) electrons. The first-order valence-corrected chi connectivity index (χ1v) is 7.20. The zero-order chi connectivity index (χ0) is 18.1. The highest BCUT2D eigenvalue weighted by molar-refractivity contribution is 5.66. The molecule has 2 rings (SSSR count). The maximum Gasteiger partial charge on any atom is 0.240 e. The monoisotopic (exact) mass is 334 g/mol. The summed E-state index contributed by atoms with van der Waals surface area (Å²) in [5.41, 5.74) is 14.3. The molecule has 0 aliphatic carbocycles. The molecule has 0 aromatic heterocycles. The second-order valence-electron chi connectivity index (χ2n) is 4.76. The lowest BCUT2D eigenvalue weighted by Gasteiger charge is -2.01. The minimum absolute atomic E-state index is 0.242. The number of isocyanates is 2. The number of benzene rings is 2. The number of nitrogens with zero attached hydrogens (tertiary/aromatic N) is 4. The molecule has 0 aliphatic heterocycles. The summed E-state index contributed by atoms with van der Waals surface area (Å²) in [6.07, 6.45) is 2.96. The van der Waals surface area contributed by atoms with E-state index >= 15 is 0 Å². The van der Waals surface area contributed by atoms with Gasteiger partial charge >= 0.3 is 0 Å². The normalized spacial score (nSPS) is 9.36. The van der Waals surface area contributed by atoms with Crippen molar-refractivity contribution in [3.63, 3.8) is 0 Å². The van der Waals surface area contributed by atoms with Gasteiger partial charge in [-0.1, -0.05) is 12.1 Å². The van der Waals surface area contributed by atoms with Crippen LogP contribution >= 0.6 is 0 Å². The Morgan fingerprint density at radius 1 is 0.720 bits per heavy atom. The standard InChI is InChI=1S/C17H14N6O2/c18-7-12-1-3-14(5-16(12)22-10-24)20-9-21-15-4-2-13(8-19)17(6-15)23-11-25/h1-6H,7-8,18-19H2. The highest BCUT2D eigenvalue weighted by Crippen LogP contribution is 2.26. The predicted octanol–water partition coefficient (Wildman–Crippen LogP) is 2.68. The fraction of sp³-hybridized carbons (Fsp3) is 0.118. The molecule has 0 spiro atoms. The summed E-state index contributed by atoms with van der Waals surface area (Å²) < 4.78 is 0. The van der Waals surface area contributed by atoms with Gasteiger partial charge in [-0.3, -0.25) is 0 Å². The smallest absolute Gasteiger partial charge is 0.240 e. The Morgan fingerprint density at radius 2 is 1.16 bits per heavy atom. The molecular weight excluding hydrogens is 320 g/mol. The molecule has 8 heteroatoms. The largest absolute Gasteiger partial charge is 0.326 e. The average molecular weight is 334 g/mol. The van der Waals surface area contributed by atoms with Crippen LogP contribution in [0.1, 0.15) is 11.1 Å². The lowest BCUT2D eigenvalue weighted by molar-refractivity contribution is 0.564. The number of nitrogens with two attached hydrogens (primary N) is 2. The van der Waals surface area contributed by atoms with Crippen LogP contribution in [0, 0.1) is 0 Å². The number of aliphatic imine (C=N–C) groups is 4. The van der Waals surface area contributed by atoms with Crippen molar-refractivity contribution in [3.8, 4) is 0 Å². The molecule has 0 saturated heterocycles. The third kappa shape index (κ3) is 4.73. The van der Waals surface area contributed by atoms with Gasteiger partial charge in [0.1, 0.15) is 6.01 Å². The van der Waals surface area contributed by atoms with Crippen LogP contribution in [0.2, 0.25) is 0 Å². The van der Waals surface area contributed by atoms with Gasteiger partial charge in [0.25, 0.3) is 0 Å². The van der Waals surface area contributed by atoms with Crippen molar-refractivity contribution in [2.75, 3.05) is 0 Å². The summed E-state index contributed by atoms with van der Waals surface area (Å²) in [4.78, 5) is 36.2. The van der Waals surface area contributed by atoms with Gasteiger partial charge in [0.05, 0.1) is 22.7 Å². The molecule has 124 valence electrons. The molecule has 2 aromatic carbocycles. The van der Waals surface area contributed by atoms with Crippen LogP contribution in [-0.2, 0) is 22.7 Å². The number of rotatable bonds is 6. The molecule has 0 fully saturated rings. The molecular formula is C17H14N6O2. The summed E-state index contributed by atoms with van der Waals surface area (Å²) in [5.74, 6) is 0. The summed E-state index contributed by atoms with van der Waals surface area (Å²) in [7, 11) is 0. The number of hydrogen-bond donors (Lipinski definition) is 2. The fourth-order valence-electron chi connectivity index (χ4n) is 2.04. The van der Waals surface area contributed by atoms with Gasteiger partial charge in [0.15, 0.2) is 0 Å². The Hall–Kier alpha value is -3.50. The SMILES string of the molecule is NCc1ccc(N=C=Nc2ccc(CN)c(N=C=O)c2)cc1N=C=O. The Morgan fingerprint density at radius 3 is 1.52 bits per heavy atom. The van der Waals surface area contributed by atoms with Crippen LogP contribution in [-0.4, -0.2) is 18.2 Å². The Bertz CT molecular complexity index is 861. The minimum Gasteiger partial charge on any atom is -0.326 e. The lowest BCUT2D eigenvalue weighted by atomic mass is 10.1. The molecule has 4 N–H and O–H groups in total. The molecule has 0 bridgehead atoms. The van der Waals surface area contributed by atoms with Gasteiger partial charge in [-0.2, -0.15) is 20.0 Å². The van der Waals surface area contributed by atoms with E-state index in [0.717, 1.165) is 0 Å². The molecule has 0 aliphatic rings. The van der Waals surface area contributed by atoms with E-state index in [0.29, 0.717) is 33.9 Å². The zero-order valence-corrected chi connectivity index (χ0v) is 13.1. The van der Waals surface area contributed by atoms with Gasteiger partial charge in [0.2, 0.25) is 12.2 Å². The summed E-state index contributed by atoms with van der Waals surface area (Å²) in [6.45, 7) is 0.484. The highest BCUT2D eigenvalue weighted by atomic mass is 16.1. The van der Waals surface area contributed by atoms with Crippen LogP contribution in [0.3, 0.4) is 0 Å². The first-order valence-electron chi connectivity index (χ1n) is 7.20. The van der Waals surface area contributed by atoms with Gasteiger partial charge in [-0.05, 0) is 35.4 Å². The Labute approximate surface area is 143 Å². The highest BCUT2D eigenvalue weighted by Gasteiger charge is 2.02. The van der Waals surface area contributed by atoms with Crippen molar-refractivity contribution < 1.29 is 9.59 Å². The van der Waals surface area contributed by atoms with E-state index in [1.807, 2.05) is 0 Å². The van der Waals surface area contributed by atoms with Crippen LogP contribution in [0.15, 0.2) is 56.4 Å². The van der Waals surface area contributed by atoms with E-state index < -0.39 is 0 Å². The van der Waals surface area contributed by atoms with Crippen LogP contribution in [0.4, 0.5) is 22.7 Å². The third-order valence-electron chi connectivity index (χ3n) is 3.27. The van der Waals surface area contributed by atoms with Crippen molar-refractivity contribution in [1.82, 2.24) is 0 Å². The predicted molar refractivity (Wildman–Crippen MR) is 93.4 cm³/mol. The maximum atomic E-state index is 10.4. The first-order chi connectivity index (χ1) is 12.2. The van der Waals surface area contributed by atoms with Gasteiger partial charge < -0.3 is 11.5 Å². The second kappa shape index (κ2) is 8.96. The van der Waals surface area contributed by atoms with Crippen molar-refractivity contribution in [3.05, 3.63) is 47.5 Å². The van der Waals surface area contributed by atoms with Crippen LogP contribution in [0.25, 0.3) is 0 Å². The average Bonchev–Trinajstić information content (AvgIpc) is 2.63. The van der Waals surface area contributed by atoms with E-state index in [2.05, 4.69) is 26.0 Å². The third-order valence-corrected chi connectivity index (χ3v) is 3.27. The van der Waals surface area contributed by atoms with Crippen molar-refractivity contribution in [2.45, 2.75) is 13.1 Å². The lowest BCUT2D eigenvalue weighted by Crippen LogP contribution is -1.95. The summed E-state index contributed by atoms with van der Waals surface area (Å²) in [6, 6.07) is 12.5. The topological polar surface area (TPSA) is 136 Å². The molecule has 2 aromatic rings. The molecule has 0 unspecified atom stereocenters. The minimum atomic E-state index is 0.242. The van der Waals surface area contributed by atoms with Crippen molar-refractivity contribution >= 4 is 40.9 Å². The molecule has 0 heterocycles. The van der Waals surface area contributed by atoms with E-state index in [1.165, 1.54) is 12.2 Å². The van der Waals surface area contributed by atoms with Crippen LogP contribution < -0.4 is 11.5 Å². The molecule has 8 nitrogen and oxygen atoms in total. The summed E-state index contributed by atoms with van der Waals surface area (Å²) in [5, 5.41) is 0. The van der Waals surface area contributed by atoms with E-state index in [-0.39, 0.29) is 13.1 Å². The number of carbonyl (C=O) groups excluding carboxylic acids is 2. The Kier molecular flexibility index (Phi) is 6.39. The van der Waals surface area contributed by atoms with Gasteiger partial charge in [0, 0.05) is 13.1 Å². The van der Waals surface area contributed by atoms with Crippen molar-refractivity contribution in [2.24, 2.45) is 31.4 Å². The van der Waals surface area contributed by atoms with Crippen LogP contribution in [0.5, 0.6) is 0 Å². The van der Waals surface area contributed by atoms with Gasteiger partial charge in [-0.25, -0.2) is 9.59 Å². The Balaban J connectivity index is 2.32. The maximum absolute atomic E-state index is 10.4. The van der Waals surface area contributed by atoms with E-state index in [9.17, 15) is 9.59 Å². The number of hydrogen-bond acceptors (Lipinski definition) is 8. The van der Waals surface area contributed by atoms with E-state index in [1.54, 1.807) is 36.4 Å². The first kappa shape index (κ1) is 17.8. The molecule has 25 heavy (non-hydrogen) atoms. The van der Waals surface area contributed by atoms with Crippen molar-refractivity contribution in [1.29, 1.82) is 0 Å². The molecule has 0 amide bonds. The molecule has 0 saturated carbocycles. The zero-order valence-electron chi connectivity index (χ0n) is 13.1. The fourth-order valence-corrected chi connectivity index (χ4v) is 2.04. The summed E-state index contributed by atoms with van der Waals surface area (Å²) >= 11 is 0. The second-order valence-corrected chi connectivity index (χ2v) is 4.76. The van der Waals surface area contributed by atoms with Gasteiger partial charge in [-0.15, -0.1) is 0 Å². The molecule has 0 atom stereocenters. The quantitative estimate of drug-likeness (QED) is 0.620.